The molecule has 0 aliphatic heterocycles. The number of fused-ring (bicyclic) bond motifs is 1. The van der Waals surface area contributed by atoms with Crippen LogP contribution in [-0.2, 0) is 11.8 Å². The molecule has 1 atom stereocenters. The molecule has 0 aromatic carbocycles. The molecule has 1 N–H and O–H groups in total. The maximum absolute atomic E-state index is 12.1. The van der Waals surface area contributed by atoms with E-state index < -0.39 is 11.7 Å². The SMILES string of the molecule is Cc1csc2nc(C(C)NC(=O)/C=C/c3cccn3C)oc(=O)c12. The van der Waals surface area contributed by atoms with Gasteiger partial charge in [0, 0.05) is 25.0 Å². The number of nitrogens with zero attached hydrogens (tertiary/aromatic N) is 2. The molecule has 1 amide bonds. The Bertz CT molecular complexity index is 981. The molecule has 0 bridgehead atoms. The summed E-state index contributed by atoms with van der Waals surface area (Å²) in [6, 6.07) is 3.30. The summed E-state index contributed by atoms with van der Waals surface area (Å²) in [6.07, 6.45) is 5.06. The average Bonchev–Trinajstić information content (AvgIpc) is 3.11. The highest BCUT2D eigenvalue weighted by atomic mass is 32.1. The summed E-state index contributed by atoms with van der Waals surface area (Å²) in [5.41, 5.74) is 1.34. The summed E-state index contributed by atoms with van der Waals surface area (Å²) in [5.74, 6) is -0.0782. The molecule has 0 fully saturated rings. The molecular weight excluding hydrogens is 326 g/mol. The second kappa shape index (κ2) is 6.45. The fourth-order valence-corrected chi connectivity index (χ4v) is 3.26. The Kier molecular flexibility index (Phi) is 4.35. The summed E-state index contributed by atoms with van der Waals surface area (Å²) in [6.45, 7) is 3.57. The van der Waals surface area contributed by atoms with Crippen LogP contribution in [0.2, 0.25) is 0 Å². The Balaban J connectivity index is 1.76. The van der Waals surface area contributed by atoms with Crippen LogP contribution in [0.25, 0.3) is 16.3 Å². The van der Waals surface area contributed by atoms with Crippen molar-refractivity contribution < 1.29 is 9.21 Å². The lowest BCUT2D eigenvalue weighted by Crippen LogP contribution is -2.26. The van der Waals surface area contributed by atoms with Gasteiger partial charge in [0.25, 0.3) is 0 Å². The second-order valence-corrected chi connectivity index (χ2v) is 6.40. The topological polar surface area (TPSA) is 77.1 Å². The maximum atomic E-state index is 12.1. The summed E-state index contributed by atoms with van der Waals surface area (Å²) < 4.78 is 7.16. The molecule has 1 unspecified atom stereocenters. The monoisotopic (exact) mass is 343 g/mol. The Hall–Kier alpha value is -2.67. The van der Waals surface area contributed by atoms with Gasteiger partial charge in [-0.2, -0.15) is 0 Å². The Labute approximate surface area is 142 Å². The van der Waals surface area contributed by atoms with Gasteiger partial charge in [0.1, 0.15) is 10.9 Å². The molecule has 3 heterocycles. The number of thiophene rings is 1. The summed E-state index contributed by atoms with van der Waals surface area (Å²) >= 11 is 1.39. The highest BCUT2D eigenvalue weighted by molar-refractivity contribution is 7.16. The molecule has 0 aliphatic rings. The Morgan fingerprint density at radius 1 is 1.50 bits per heavy atom. The first-order chi connectivity index (χ1) is 11.5. The van der Waals surface area contributed by atoms with Crippen molar-refractivity contribution in [1.29, 1.82) is 0 Å². The molecule has 3 rings (SSSR count). The van der Waals surface area contributed by atoms with Gasteiger partial charge in [-0.15, -0.1) is 11.3 Å². The maximum Gasteiger partial charge on any atom is 0.348 e. The number of carbonyl (C=O) groups excluding carboxylic acids is 1. The van der Waals surface area contributed by atoms with E-state index in [1.807, 2.05) is 42.2 Å². The smallest absolute Gasteiger partial charge is 0.348 e. The molecule has 0 saturated carbocycles. The highest BCUT2D eigenvalue weighted by Crippen LogP contribution is 2.22. The first-order valence-electron chi connectivity index (χ1n) is 7.44. The van der Waals surface area contributed by atoms with Crippen LogP contribution in [-0.4, -0.2) is 15.5 Å². The van der Waals surface area contributed by atoms with E-state index in [-0.39, 0.29) is 11.8 Å². The Morgan fingerprint density at radius 2 is 2.29 bits per heavy atom. The predicted molar refractivity (Wildman–Crippen MR) is 93.9 cm³/mol. The molecule has 6 nitrogen and oxygen atoms in total. The molecule has 0 aliphatic carbocycles. The van der Waals surface area contributed by atoms with Gasteiger partial charge in [0.2, 0.25) is 11.8 Å². The first kappa shape index (κ1) is 16.2. The van der Waals surface area contributed by atoms with Crippen LogP contribution in [0.15, 0.2) is 39.0 Å². The van der Waals surface area contributed by atoms with E-state index in [1.165, 1.54) is 17.4 Å². The minimum absolute atomic E-state index is 0.204. The standard InChI is InChI=1S/C17H17N3O3S/c1-10-9-24-16-14(10)17(22)23-15(19-16)11(2)18-13(21)7-6-12-5-4-8-20(12)3/h4-9,11H,1-3H3,(H,18,21)/b7-6+. The van der Waals surface area contributed by atoms with E-state index in [1.54, 1.807) is 13.0 Å². The van der Waals surface area contributed by atoms with E-state index >= 15 is 0 Å². The minimum atomic E-state index is -0.505. The van der Waals surface area contributed by atoms with Gasteiger partial charge in [0.05, 0.1) is 5.39 Å². The summed E-state index contributed by atoms with van der Waals surface area (Å²) in [7, 11) is 1.90. The van der Waals surface area contributed by atoms with Gasteiger partial charge in [0.15, 0.2) is 0 Å². The van der Waals surface area contributed by atoms with Gasteiger partial charge < -0.3 is 14.3 Å². The van der Waals surface area contributed by atoms with Crippen LogP contribution < -0.4 is 10.9 Å². The number of hydrogen-bond acceptors (Lipinski definition) is 5. The normalized spacial score (nSPS) is 12.8. The van der Waals surface area contributed by atoms with Crippen LogP contribution in [0.1, 0.15) is 30.1 Å². The number of nitrogens with one attached hydrogen (secondary N) is 1. The van der Waals surface area contributed by atoms with E-state index in [2.05, 4.69) is 10.3 Å². The number of amides is 1. The van der Waals surface area contributed by atoms with Crippen LogP contribution in [0, 0.1) is 6.92 Å². The Morgan fingerprint density at radius 3 is 3.00 bits per heavy atom. The van der Waals surface area contributed by atoms with Gasteiger partial charge in [-0.1, -0.05) is 0 Å². The van der Waals surface area contributed by atoms with Crippen LogP contribution >= 0.6 is 11.3 Å². The van der Waals surface area contributed by atoms with Crippen LogP contribution in [0.4, 0.5) is 0 Å². The molecule has 124 valence electrons. The fraction of sp³-hybridized carbons (Fsp3) is 0.235. The van der Waals surface area contributed by atoms with E-state index in [0.29, 0.717) is 10.2 Å². The van der Waals surface area contributed by atoms with Crippen molar-refractivity contribution in [2.24, 2.45) is 7.05 Å². The molecule has 3 aromatic rings. The molecule has 3 aromatic heterocycles. The third-order valence-electron chi connectivity index (χ3n) is 3.69. The van der Waals surface area contributed by atoms with Crippen molar-refractivity contribution in [3.8, 4) is 0 Å². The largest absolute Gasteiger partial charge is 0.406 e. The molecule has 24 heavy (non-hydrogen) atoms. The number of hydrogen-bond donors (Lipinski definition) is 1. The van der Waals surface area contributed by atoms with Gasteiger partial charge in [-0.05, 0) is 43.0 Å². The minimum Gasteiger partial charge on any atom is -0.406 e. The first-order valence-corrected chi connectivity index (χ1v) is 8.32. The van der Waals surface area contributed by atoms with E-state index in [4.69, 9.17) is 4.42 Å². The number of rotatable bonds is 4. The zero-order chi connectivity index (χ0) is 17.3. The lowest BCUT2D eigenvalue weighted by Gasteiger charge is -2.10. The number of aromatic nitrogens is 2. The van der Waals surface area contributed by atoms with E-state index in [9.17, 15) is 9.59 Å². The molecule has 0 spiro atoms. The third-order valence-corrected chi connectivity index (χ3v) is 4.68. The molecular formula is C17H17N3O3S. The van der Waals surface area contributed by atoms with Crippen molar-refractivity contribution in [3.05, 3.63) is 57.4 Å². The quantitative estimate of drug-likeness (QED) is 0.739. The van der Waals surface area contributed by atoms with Crippen LogP contribution in [0.5, 0.6) is 0 Å². The molecule has 0 saturated heterocycles. The number of aryl methyl sites for hydroxylation is 2. The second-order valence-electron chi connectivity index (χ2n) is 5.55. The highest BCUT2D eigenvalue weighted by Gasteiger charge is 2.16. The van der Waals surface area contributed by atoms with E-state index in [0.717, 1.165) is 11.3 Å². The lowest BCUT2D eigenvalue weighted by molar-refractivity contribution is -0.117. The van der Waals surface area contributed by atoms with Crippen molar-refractivity contribution in [1.82, 2.24) is 14.9 Å². The van der Waals surface area contributed by atoms with Crippen molar-refractivity contribution in [2.45, 2.75) is 19.9 Å². The zero-order valence-electron chi connectivity index (χ0n) is 13.6. The summed E-state index contributed by atoms with van der Waals surface area (Å²) in [4.78, 5) is 29.1. The van der Waals surface area contributed by atoms with Gasteiger partial charge in [-0.25, -0.2) is 9.78 Å². The number of carbonyl (C=O) groups is 1. The third kappa shape index (κ3) is 3.16. The summed E-state index contributed by atoms with van der Waals surface area (Å²) in [5, 5.41) is 5.12. The van der Waals surface area contributed by atoms with Crippen molar-refractivity contribution >= 4 is 33.5 Å². The molecule has 7 heteroatoms. The van der Waals surface area contributed by atoms with Crippen molar-refractivity contribution in [2.75, 3.05) is 0 Å². The van der Waals surface area contributed by atoms with Crippen LogP contribution in [0.3, 0.4) is 0 Å². The van der Waals surface area contributed by atoms with Gasteiger partial charge >= 0.3 is 5.63 Å². The lowest BCUT2D eigenvalue weighted by atomic mass is 10.2. The zero-order valence-corrected chi connectivity index (χ0v) is 14.4. The molecule has 0 radical (unpaired) electrons. The predicted octanol–water partition coefficient (Wildman–Crippen LogP) is 2.79. The van der Waals surface area contributed by atoms with Crippen molar-refractivity contribution in [3.63, 3.8) is 0 Å². The fourth-order valence-electron chi connectivity index (χ4n) is 2.35. The average molecular weight is 343 g/mol. The van der Waals surface area contributed by atoms with Gasteiger partial charge in [-0.3, -0.25) is 4.79 Å².